The fourth-order valence-electron chi connectivity index (χ4n) is 2.68. The molecule has 0 fully saturated rings. The van der Waals surface area contributed by atoms with E-state index in [1.807, 2.05) is 6.20 Å². The number of nitrogens with zero attached hydrogens (tertiary/aromatic N) is 2. The Morgan fingerprint density at radius 2 is 1.68 bits per heavy atom. The molecule has 0 radical (unpaired) electrons. The van der Waals surface area contributed by atoms with Crippen molar-refractivity contribution in [3.8, 4) is 11.3 Å². The van der Waals surface area contributed by atoms with Crippen molar-refractivity contribution in [3.05, 3.63) is 58.9 Å². The molecule has 0 atom stereocenters. The molecule has 19 heavy (non-hydrogen) atoms. The smallest absolute Gasteiger partial charge is 0.137 e. The first kappa shape index (κ1) is 12.0. The van der Waals surface area contributed by atoms with Gasteiger partial charge in [0.1, 0.15) is 5.65 Å². The molecule has 2 nitrogen and oxygen atoms in total. The molecule has 2 heterocycles. The molecule has 3 rings (SSSR count). The lowest BCUT2D eigenvalue weighted by molar-refractivity contribution is 1.08. The van der Waals surface area contributed by atoms with Crippen LogP contribution in [0.2, 0.25) is 0 Å². The molecular weight excluding hydrogens is 232 g/mol. The van der Waals surface area contributed by atoms with Crippen molar-refractivity contribution in [1.82, 2.24) is 9.38 Å². The van der Waals surface area contributed by atoms with Crippen LogP contribution in [0.5, 0.6) is 0 Å². The summed E-state index contributed by atoms with van der Waals surface area (Å²) in [6, 6.07) is 10.9. The molecule has 3 aromatic rings. The van der Waals surface area contributed by atoms with Gasteiger partial charge in [-0.3, -0.25) is 4.40 Å². The zero-order valence-corrected chi connectivity index (χ0v) is 11.9. The molecule has 0 N–H and O–H groups in total. The number of benzene rings is 1. The van der Waals surface area contributed by atoms with E-state index < -0.39 is 0 Å². The van der Waals surface area contributed by atoms with Crippen LogP contribution < -0.4 is 0 Å². The fraction of sp³-hybridized carbons (Fsp3) is 0.235. The zero-order valence-electron chi connectivity index (χ0n) is 11.9. The molecular formula is C17H18N2. The Labute approximate surface area is 113 Å². The van der Waals surface area contributed by atoms with Crippen LogP contribution in [0.4, 0.5) is 0 Å². The second-order valence-corrected chi connectivity index (χ2v) is 5.33. The van der Waals surface area contributed by atoms with Crippen molar-refractivity contribution in [2.45, 2.75) is 27.7 Å². The van der Waals surface area contributed by atoms with Crippen LogP contribution in [0.15, 0.2) is 36.5 Å². The van der Waals surface area contributed by atoms with E-state index in [-0.39, 0.29) is 0 Å². The van der Waals surface area contributed by atoms with Crippen molar-refractivity contribution < 1.29 is 0 Å². The molecule has 0 aliphatic rings. The molecule has 2 heteroatoms. The lowest BCUT2D eigenvalue weighted by Gasteiger charge is -2.10. The van der Waals surface area contributed by atoms with E-state index >= 15 is 0 Å². The fourth-order valence-corrected chi connectivity index (χ4v) is 2.68. The Balaban J connectivity index is 2.34. The predicted molar refractivity (Wildman–Crippen MR) is 79.6 cm³/mol. The van der Waals surface area contributed by atoms with Gasteiger partial charge < -0.3 is 0 Å². The Hall–Kier alpha value is -2.09. The van der Waals surface area contributed by atoms with Crippen molar-refractivity contribution in [1.29, 1.82) is 0 Å². The van der Waals surface area contributed by atoms with Gasteiger partial charge in [0.15, 0.2) is 0 Å². The van der Waals surface area contributed by atoms with E-state index in [0.717, 1.165) is 5.65 Å². The van der Waals surface area contributed by atoms with E-state index in [4.69, 9.17) is 0 Å². The topological polar surface area (TPSA) is 17.3 Å². The second kappa shape index (κ2) is 4.23. The number of aryl methyl sites for hydroxylation is 4. The number of hydrogen-bond acceptors (Lipinski definition) is 1. The Bertz CT molecular complexity index is 766. The minimum absolute atomic E-state index is 1.02. The quantitative estimate of drug-likeness (QED) is 0.631. The summed E-state index contributed by atoms with van der Waals surface area (Å²) in [5.41, 5.74) is 8.50. The lowest BCUT2D eigenvalue weighted by atomic mass is 10.0. The van der Waals surface area contributed by atoms with E-state index in [2.05, 4.69) is 67.4 Å². The third-order valence-corrected chi connectivity index (χ3v) is 3.60. The molecule has 0 aliphatic carbocycles. The summed E-state index contributed by atoms with van der Waals surface area (Å²) in [5.74, 6) is 0. The third-order valence-electron chi connectivity index (χ3n) is 3.60. The minimum atomic E-state index is 1.02. The maximum Gasteiger partial charge on any atom is 0.137 e. The zero-order chi connectivity index (χ0) is 13.6. The van der Waals surface area contributed by atoms with E-state index in [9.17, 15) is 0 Å². The summed E-state index contributed by atoms with van der Waals surface area (Å²) < 4.78 is 2.23. The number of pyridine rings is 1. The summed E-state index contributed by atoms with van der Waals surface area (Å²) in [6.45, 7) is 8.52. The Morgan fingerprint density at radius 1 is 0.895 bits per heavy atom. The van der Waals surface area contributed by atoms with Crippen LogP contribution in [-0.4, -0.2) is 9.38 Å². The van der Waals surface area contributed by atoms with Crippen LogP contribution in [-0.2, 0) is 0 Å². The molecule has 0 saturated carbocycles. The number of imidazole rings is 1. The average molecular weight is 250 g/mol. The SMILES string of the molecule is Cc1ccc(C)c(-c2cnc3cc(C)cc(C)n23)c1. The van der Waals surface area contributed by atoms with E-state index in [0.29, 0.717) is 0 Å². The van der Waals surface area contributed by atoms with Crippen LogP contribution in [0, 0.1) is 27.7 Å². The number of fused-ring (bicyclic) bond motifs is 1. The van der Waals surface area contributed by atoms with Crippen LogP contribution in [0.3, 0.4) is 0 Å². The molecule has 0 aliphatic heterocycles. The Morgan fingerprint density at radius 3 is 2.47 bits per heavy atom. The number of rotatable bonds is 1. The second-order valence-electron chi connectivity index (χ2n) is 5.33. The first-order valence-corrected chi connectivity index (χ1v) is 6.58. The van der Waals surface area contributed by atoms with Gasteiger partial charge in [0.05, 0.1) is 11.9 Å². The molecule has 96 valence electrons. The largest absolute Gasteiger partial charge is 0.297 e. The maximum absolute atomic E-state index is 4.55. The van der Waals surface area contributed by atoms with Crippen LogP contribution in [0.25, 0.3) is 16.9 Å². The summed E-state index contributed by atoms with van der Waals surface area (Å²) in [7, 11) is 0. The predicted octanol–water partition coefficient (Wildman–Crippen LogP) is 4.23. The highest BCUT2D eigenvalue weighted by atomic mass is 15.0. The third kappa shape index (κ3) is 1.93. The van der Waals surface area contributed by atoms with Gasteiger partial charge in [-0.2, -0.15) is 0 Å². The highest BCUT2D eigenvalue weighted by molar-refractivity contribution is 5.68. The van der Waals surface area contributed by atoms with Crippen molar-refractivity contribution in [2.75, 3.05) is 0 Å². The van der Waals surface area contributed by atoms with Gasteiger partial charge >= 0.3 is 0 Å². The molecule has 1 aromatic carbocycles. The molecule has 0 spiro atoms. The van der Waals surface area contributed by atoms with Gasteiger partial charge in [0.25, 0.3) is 0 Å². The summed E-state index contributed by atoms with van der Waals surface area (Å²) >= 11 is 0. The van der Waals surface area contributed by atoms with Gasteiger partial charge in [-0.15, -0.1) is 0 Å². The standard InChI is InChI=1S/C17H18N2/c1-11-5-6-13(3)15(8-11)16-10-18-17-9-12(2)7-14(4)19(16)17/h5-10H,1-4H3. The molecule has 2 aromatic heterocycles. The first-order valence-electron chi connectivity index (χ1n) is 6.58. The van der Waals surface area contributed by atoms with Gasteiger partial charge in [0.2, 0.25) is 0 Å². The van der Waals surface area contributed by atoms with Gasteiger partial charge in [-0.1, -0.05) is 17.7 Å². The van der Waals surface area contributed by atoms with Crippen LogP contribution in [0.1, 0.15) is 22.4 Å². The first-order chi connectivity index (χ1) is 9.06. The van der Waals surface area contributed by atoms with Crippen molar-refractivity contribution in [2.24, 2.45) is 0 Å². The van der Waals surface area contributed by atoms with E-state index in [1.165, 1.54) is 33.6 Å². The van der Waals surface area contributed by atoms with Crippen LogP contribution >= 0.6 is 0 Å². The van der Waals surface area contributed by atoms with Gasteiger partial charge in [0, 0.05) is 11.3 Å². The number of aromatic nitrogens is 2. The normalized spacial score (nSPS) is 11.2. The maximum atomic E-state index is 4.55. The minimum Gasteiger partial charge on any atom is -0.297 e. The Kier molecular flexibility index (Phi) is 2.67. The monoisotopic (exact) mass is 250 g/mol. The number of hydrogen-bond donors (Lipinski definition) is 0. The summed E-state index contributed by atoms with van der Waals surface area (Å²) in [5, 5.41) is 0. The van der Waals surface area contributed by atoms with Gasteiger partial charge in [-0.25, -0.2) is 4.98 Å². The summed E-state index contributed by atoms with van der Waals surface area (Å²) in [4.78, 5) is 4.55. The molecule has 0 unspecified atom stereocenters. The summed E-state index contributed by atoms with van der Waals surface area (Å²) in [6.07, 6.45) is 1.98. The highest BCUT2D eigenvalue weighted by Gasteiger charge is 2.10. The molecule has 0 saturated heterocycles. The molecule has 0 amide bonds. The highest BCUT2D eigenvalue weighted by Crippen LogP contribution is 2.27. The average Bonchev–Trinajstić information content (AvgIpc) is 2.76. The van der Waals surface area contributed by atoms with Crippen molar-refractivity contribution >= 4 is 5.65 Å². The lowest BCUT2D eigenvalue weighted by Crippen LogP contribution is -1.96. The van der Waals surface area contributed by atoms with Gasteiger partial charge in [-0.05, 0) is 57.0 Å². The molecule has 0 bridgehead atoms. The van der Waals surface area contributed by atoms with Crippen molar-refractivity contribution in [3.63, 3.8) is 0 Å². The van der Waals surface area contributed by atoms with E-state index in [1.54, 1.807) is 0 Å².